The summed E-state index contributed by atoms with van der Waals surface area (Å²) >= 11 is 0. The molecule has 1 rings (SSSR count). The van der Waals surface area contributed by atoms with E-state index < -0.39 is 0 Å². The largest absolute Gasteiger partial charge is 0.497 e. The first-order chi connectivity index (χ1) is 8.31. The van der Waals surface area contributed by atoms with Gasteiger partial charge in [0.25, 0.3) is 0 Å². The van der Waals surface area contributed by atoms with Gasteiger partial charge in [-0.1, -0.05) is 13.0 Å². The van der Waals surface area contributed by atoms with Crippen molar-refractivity contribution in [1.82, 2.24) is 5.32 Å². The Morgan fingerprint density at radius 1 is 1.41 bits per heavy atom. The van der Waals surface area contributed by atoms with E-state index in [-0.39, 0.29) is 6.61 Å². The van der Waals surface area contributed by atoms with Crippen molar-refractivity contribution in [1.29, 1.82) is 5.26 Å². The van der Waals surface area contributed by atoms with Crippen LogP contribution in [0.15, 0.2) is 18.2 Å². The van der Waals surface area contributed by atoms with Gasteiger partial charge in [0.05, 0.1) is 7.11 Å². The third-order valence-corrected chi connectivity index (χ3v) is 2.31. The van der Waals surface area contributed by atoms with Crippen molar-refractivity contribution in [2.75, 3.05) is 20.3 Å². The van der Waals surface area contributed by atoms with E-state index in [0.29, 0.717) is 5.75 Å². The van der Waals surface area contributed by atoms with Crippen molar-refractivity contribution in [3.8, 4) is 17.6 Å². The van der Waals surface area contributed by atoms with Gasteiger partial charge in [-0.05, 0) is 19.0 Å². The number of hydrogen-bond donors (Lipinski definition) is 1. The minimum absolute atomic E-state index is 0.0495. The highest BCUT2D eigenvalue weighted by Gasteiger charge is 2.05. The highest BCUT2D eigenvalue weighted by molar-refractivity contribution is 5.40. The monoisotopic (exact) mass is 234 g/mol. The van der Waals surface area contributed by atoms with Gasteiger partial charge in [0.2, 0.25) is 0 Å². The van der Waals surface area contributed by atoms with Gasteiger partial charge in [-0.3, -0.25) is 0 Å². The second-order valence-electron chi connectivity index (χ2n) is 3.60. The molecule has 0 spiro atoms. The molecule has 0 aliphatic rings. The number of ether oxygens (including phenoxy) is 2. The Bertz CT molecular complexity index is 385. The molecule has 0 saturated heterocycles. The predicted octanol–water partition coefficient (Wildman–Crippen LogP) is 2.10. The fourth-order valence-corrected chi connectivity index (χ4v) is 1.45. The molecule has 0 radical (unpaired) electrons. The number of hydrogen-bond acceptors (Lipinski definition) is 4. The molecule has 0 aliphatic heterocycles. The maximum absolute atomic E-state index is 8.54. The average molecular weight is 234 g/mol. The van der Waals surface area contributed by atoms with Crippen LogP contribution in [0.3, 0.4) is 0 Å². The molecular weight excluding hydrogens is 216 g/mol. The van der Waals surface area contributed by atoms with Crippen LogP contribution in [0.4, 0.5) is 0 Å². The molecule has 4 heteroatoms. The Kier molecular flexibility index (Phi) is 5.91. The SMILES string of the molecule is CCCNCc1ccc(OC)cc1OCC#N. The molecule has 0 saturated carbocycles. The molecule has 0 fully saturated rings. The van der Waals surface area contributed by atoms with Crippen LogP contribution in [0.25, 0.3) is 0 Å². The van der Waals surface area contributed by atoms with Crippen LogP contribution in [0, 0.1) is 11.3 Å². The number of rotatable bonds is 7. The van der Waals surface area contributed by atoms with Gasteiger partial charge in [0.15, 0.2) is 6.61 Å². The lowest BCUT2D eigenvalue weighted by atomic mass is 10.2. The fourth-order valence-electron chi connectivity index (χ4n) is 1.45. The van der Waals surface area contributed by atoms with E-state index >= 15 is 0 Å². The van der Waals surface area contributed by atoms with E-state index in [9.17, 15) is 0 Å². The number of benzene rings is 1. The molecule has 0 bridgehead atoms. The molecule has 4 nitrogen and oxygen atoms in total. The lowest BCUT2D eigenvalue weighted by Gasteiger charge is -2.11. The molecule has 1 aromatic rings. The van der Waals surface area contributed by atoms with Crippen molar-refractivity contribution >= 4 is 0 Å². The van der Waals surface area contributed by atoms with Crippen LogP contribution in [-0.4, -0.2) is 20.3 Å². The number of nitrogens with one attached hydrogen (secondary N) is 1. The Morgan fingerprint density at radius 3 is 2.88 bits per heavy atom. The Hall–Kier alpha value is -1.73. The maximum Gasteiger partial charge on any atom is 0.174 e. The Labute approximate surface area is 102 Å². The van der Waals surface area contributed by atoms with E-state index in [4.69, 9.17) is 14.7 Å². The van der Waals surface area contributed by atoms with Crippen molar-refractivity contribution in [3.63, 3.8) is 0 Å². The van der Waals surface area contributed by atoms with Crippen LogP contribution in [0.5, 0.6) is 11.5 Å². The zero-order valence-electron chi connectivity index (χ0n) is 10.3. The summed E-state index contributed by atoms with van der Waals surface area (Å²) in [5.41, 5.74) is 1.04. The third kappa shape index (κ3) is 4.33. The van der Waals surface area contributed by atoms with Crippen molar-refractivity contribution < 1.29 is 9.47 Å². The standard InChI is InChI=1S/C13H18N2O2/c1-3-7-15-10-11-4-5-12(16-2)9-13(11)17-8-6-14/h4-5,9,15H,3,7-8,10H2,1-2H3. The first kappa shape index (κ1) is 13.3. The van der Waals surface area contributed by atoms with E-state index in [1.165, 1.54) is 0 Å². The summed E-state index contributed by atoms with van der Waals surface area (Å²) in [7, 11) is 1.61. The molecule has 0 aliphatic carbocycles. The molecule has 1 aromatic carbocycles. The minimum atomic E-state index is 0.0495. The first-order valence-corrected chi connectivity index (χ1v) is 5.69. The molecule has 0 aromatic heterocycles. The molecule has 17 heavy (non-hydrogen) atoms. The van der Waals surface area contributed by atoms with Crippen LogP contribution < -0.4 is 14.8 Å². The second-order valence-corrected chi connectivity index (χ2v) is 3.60. The normalized spacial score (nSPS) is 9.71. The number of methoxy groups -OCH3 is 1. The van der Waals surface area contributed by atoms with E-state index in [2.05, 4.69) is 12.2 Å². The van der Waals surface area contributed by atoms with Crippen molar-refractivity contribution in [2.45, 2.75) is 19.9 Å². The summed E-state index contributed by atoms with van der Waals surface area (Å²) in [6, 6.07) is 7.61. The van der Waals surface area contributed by atoms with Crippen molar-refractivity contribution in [2.24, 2.45) is 0 Å². The van der Waals surface area contributed by atoms with Crippen LogP contribution in [-0.2, 0) is 6.54 Å². The van der Waals surface area contributed by atoms with Gasteiger partial charge in [-0.2, -0.15) is 5.26 Å². The van der Waals surface area contributed by atoms with Crippen LogP contribution >= 0.6 is 0 Å². The smallest absolute Gasteiger partial charge is 0.174 e. The first-order valence-electron chi connectivity index (χ1n) is 5.69. The van der Waals surface area contributed by atoms with Crippen molar-refractivity contribution in [3.05, 3.63) is 23.8 Å². The van der Waals surface area contributed by atoms with Gasteiger partial charge in [-0.25, -0.2) is 0 Å². The number of nitrogens with zero attached hydrogens (tertiary/aromatic N) is 1. The summed E-state index contributed by atoms with van der Waals surface area (Å²) < 4.78 is 10.5. The highest BCUT2D eigenvalue weighted by Crippen LogP contribution is 2.24. The second kappa shape index (κ2) is 7.53. The molecular formula is C13H18N2O2. The summed E-state index contributed by atoms with van der Waals surface area (Å²) in [4.78, 5) is 0. The fraction of sp³-hybridized carbons (Fsp3) is 0.462. The maximum atomic E-state index is 8.54. The van der Waals surface area contributed by atoms with Gasteiger partial charge in [0.1, 0.15) is 17.6 Å². The topological polar surface area (TPSA) is 54.3 Å². The molecule has 0 amide bonds. The van der Waals surface area contributed by atoms with Gasteiger partial charge in [0, 0.05) is 18.2 Å². The molecule has 0 atom stereocenters. The predicted molar refractivity (Wildman–Crippen MR) is 66.1 cm³/mol. The van der Waals surface area contributed by atoms with E-state index in [1.54, 1.807) is 13.2 Å². The van der Waals surface area contributed by atoms with Crippen LogP contribution in [0.1, 0.15) is 18.9 Å². The lowest BCUT2D eigenvalue weighted by Crippen LogP contribution is -2.14. The van der Waals surface area contributed by atoms with Gasteiger partial charge >= 0.3 is 0 Å². The summed E-state index contributed by atoms with van der Waals surface area (Å²) in [5.74, 6) is 1.44. The molecule has 1 N–H and O–H groups in total. The zero-order valence-corrected chi connectivity index (χ0v) is 10.3. The summed E-state index contributed by atoms with van der Waals surface area (Å²) in [6.45, 7) is 3.87. The molecule has 0 unspecified atom stereocenters. The Balaban J connectivity index is 2.75. The van der Waals surface area contributed by atoms with E-state index in [1.807, 2.05) is 18.2 Å². The molecule has 0 heterocycles. The minimum Gasteiger partial charge on any atom is -0.497 e. The average Bonchev–Trinajstić information content (AvgIpc) is 2.37. The summed E-state index contributed by atoms with van der Waals surface area (Å²) in [6.07, 6.45) is 1.09. The third-order valence-electron chi connectivity index (χ3n) is 2.31. The molecule has 92 valence electrons. The highest BCUT2D eigenvalue weighted by atomic mass is 16.5. The van der Waals surface area contributed by atoms with Crippen LogP contribution in [0.2, 0.25) is 0 Å². The number of nitriles is 1. The zero-order chi connectivity index (χ0) is 12.5. The van der Waals surface area contributed by atoms with Gasteiger partial charge in [-0.15, -0.1) is 0 Å². The lowest BCUT2D eigenvalue weighted by molar-refractivity contribution is 0.356. The van der Waals surface area contributed by atoms with E-state index in [0.717, 1.165) is 30.8 Å². The summed E-state index contributed by atoms with van der Waals surface area (Å²) in [5, 5.41) is 11.8. The van der Waals surface area contributed by atoms with Gasteiger partial charge < -0.3 is 14.8 Å². The quantitative estimate of drug-likeness (QED) is 0.734. The Morgan fingerprint density at radius 2 is 2.24 bits per heavy atom.